The Morgan fingerprint density at radius 1 is 0.903 bits per heavy atom. The lowest BCUT2D eigenvalue weighted by molar-refractivity contribution is 0.0953. The van der Waals surface area contributed by atoms with Crippen LogP contribution in [0.2, 0.25) is 0 Å². The molecule has 2 N–H and O–H groups in total. The van der Waals surface area contributed by atoms with Gasteiger partial charge in [-0.3, -0.25) is 9.59 Å². The van der Waals surface area contributed by atoms with Crippen LogP contribution in [0.1, 0.15) is 57.3 Å². The first kappa shape index (κ1) is 22.6. The van der Waals surface area contributed by atoms with Crippen molar-refractivity contribution in [3.05, 3.63) is 82.2 Å². The Kier molecular flexibility index (Phi) is 8.30. The Morgan fingerprint density at radius 2 is 1.58 bits per heavy atom. The maximum atomic E-state index is 12.4. The molecule has 1 amide bonds. The number of aryl methyl sites for hydroxylation is 1. The number of rotatable bonds is 11. The van der Waals surface area contributed by atoms with Crippen LogP contribution in [0.25, 0.3) is 10.4 Å². The first-order valence-electron chi connectivity index (χ1n) is 10.6. The van der Waals surface area contributed by atoms with Gasteiger partial charge < -0.3 is 10.7 Å². The number of thiophene rings is 1. The van der Waals surface area contributed by atoms with Crippen molar-refractivity contribution in [3.8, 4) is 10.4 Å². The van der Waals surface area contributed by atoms with E-state index < -0.39 is 0 Å². The number of hydrogen-bond donors (Lipinski definition) is 2. The zero-order valence-electron chi connectivity index (χ0n) is 17.8. The molecule has 1 heterocycles. The average molecular weight is 433 g/mol. The maximum Gasteiger partial charge on any atom is 0.251 e. The number of carbonyl (C=O) groups is 2. The molecule has 0 bridgehead atoms. The molecule has 1 aromatic heterocycles. The molecule has 0 atom stereocenters. The van der Waals surface area contributed by atoms with Crippen molar-refractivity contribution in [1.29, 1.82) is 5.41 Å². The Hall–Kier alpha value is -3.05. The van der Waals surface area contributed by atoms with Gasteiger partial charge in [0.1, 0.15) is 0 Å². The Bertz CT molecular complexity index is 1020. The second-order valence-electron chi connectivity index (χ2n) is 7.57. The lowest BCUT2D eigenvalue weighted by Crippen LogP contribution is -2.25. The van der Waals surface area contributed by atoms with E-state index in [9.17, 15) is 9.59 Å². The van der Waals surface area contributed by atoms with Crippen molar-refractivity contribution in [1.82, 2.24) is 5.32 Å². The van der Waals surface area contributed by atoms with Gasteiger partial charge in [-0.25, -0.2) is 0 Å². The van der Waals surface area contributed by atoms with E-state index in [2.05, 4.69) is 29.6 Å². The highest BCUT2D eigenvalue weighted by Crippen LogP contribution is 2.28. The predicted octanol–water partition coefficient (Wildman–Crippen LogP) is 5.95. The van der Waals surface area contributed by atoms with Crippen LogP contribution in [0.4, 0.5) is 0 Å². The van der Waals surface area contributed by atoms with Gasteiger partial charge >= 0.3 is 0 Å². The number of carbonyl (C=O) groups excluding carboxylic acids is 2. The van der Waals surface area contributed by atoms with Gasteiger partial charge in [-0.1, -0.05) is 36.4 Å². The highest BCUT2D eigenvalue weighted by molar-refractivity contribution is 7.17. The van der Waals surface area contributed by atoms with Crippen LogP contribution in [0.5, 0.6) is 0 Å². The fraction of sp³-hybridized carbons (Fsp3) is 0.269. The molecule has 3 rings (SSSR count). The minimum Gasteiger partial charge on any atom is -0.352 e. The van der Waals surface area contributed by atoms with E-state index in [4.69, 9.17) is 5.41 Å². The van der Waals surface area contributed by atoms with Gasteiger partial charge in [0.05, 0.1) is 4.88 Å². The number of ketones is 1. The van der Waals surface area contributed by atoms with E-state index in [0.29, 0.717) is 12.1 Å². The fourth-order valence-electron chi connectivity index (χ4n) is 3.34. The van der Waals surface area contributed by atoms with Crippen molar-refractivity contribution >= 4 is 29.2 Å². The number of amides is 1. The minimum atomic E-state index is -0.0787. The van der Waals surface area contributed by atoms with E-state index in [1.165, 1.54) is 28.7 Å². The molecule has 0 saturated heterocycles. The number of unbranched alkanes of at least 4 members (excludes halogenated alkanes) is 2. The third-order valence-electron chi connectivity index (χ3n) is 5.17. The van der Waals surface area contributed by atoms with Crippen molar-refractivity contribution in [3.63, 3.8) is 0 Å². The summed E-state index contributed by atoms with van der Waals surface area (Å²) in [7, 11) is 0. The first-order valence-corrected chi connectivity index (χ1v) is 11.4. The van der Waals surface area contributed by atoms with Crippen molar-refractivity contribution in [2.24, 2.45) is 0 Å². The van der Waals surface area contributed by atoms with Gasteiger partial charge in [0.2, 0.25) is 0 Å². The Morgan fingerprint density at radius 3 is 2.19 bits per heavy atom. The Balaban J connectivity index is 1.46. The largest absolute Gasteiger partial charge is 0.352 e. The van der Waals surface area contributed by atoms with Gasteiger partial charge in [-0.05, 0) is 86.2 Å². The molecule has 0 saturated carbocycles. The molecule has 2 aromatic carbocycles. The summed E-state index contributed by atoms with van der Waals surface area (Å²) in [5.74, 6) is -0.00841. The fourth-order valence-corrected chi connectivity index (χ4v) is 4.25. The standard InChI is InChI=1S/C26H28N2O2S/c1-19(29)24-14-15-25(31-24)22-10-12-23(13-11-22)26(30)28-18-16-21-8-6-20(7-9-21)5-3-2-4-17-27/h6-15,17,27H,2-5,16,18H2,1H3,(H,28,30). The molecule has 31 heavy (non-hydrogen) atoms. The SMILES string of the molecule is CC(=O)c1ccc(-c2ccc(C(=O)NCCc3ccc(CCCCC=N)cc3)cc2)s1. The smallest absolute Gasteiger partial charge is 0.251 e. The normalized spacial score (nSPS) is 10.6. The molecule has 0 radical (unpaired) electrons. The molecule has 0 fully saturated rings. The van der Waals surface area contributed by atoms with Gasteiger partial charge in [0, 0.05) is 17.0 Å². The van der Waals surface area contributed by atoms with Crippen LogP contribution in [-0.2, 0) is 12.8 Å². The summed E-state index contributed by atoms with van der Waals surface area (Å²) < 4.78 is 0. The summed E-state index contributed by atoms with van der Waals surface area (Å²) in [4.78, 5) is 25.7. The van der Waals surface area contributed by atoms with Crippen LogP contribution in [0.3, 0.4) is 0 Å². The van der Waals surface area contributed by atoms with Gasteiger partial charge in [-0.2, -0.15) is 0 Å². The number of Topliss-reactive ketones (excluding diaryl/α,β-unsaturated/α-hetero) is 1. The molecule has 0 unspecified atom stereocenters. The van der Waals surface area contributed by atoms with Crippen LogP contribution in [-0.4, -0.2) is 24.4 Å². The second-order valence-corrected chi connectivity index (χ2v) is 8.65. The van der Waals surface area contributed by atoms with Crippen molar-refractivity contribution in [2.75, 3.05) is 6.54 Å². The van der Waals surface area contributed by atoms with Crippen LogP contribution >= 0.6 is 11.3 Å². The number of nitrogens with one attached hydrogen (secondary N) is 2. The number of hydrogen-bond acceptors (Lipinski definition) is 4. The lowest BCUT2D eigenvalue weighted by atomic mass is 10.0. The van der Waals surface area contributed by atoms with Crippen LogP contribution in [0.15, 0.2) is 60.7 Å². The molecule has 3 aromatic rings. The van der Waals surface area contributed by atoms with Gasteiger partial charge in [-0.15, -0.1) is 11.3 Å². The summed E-state index contributed by atoms with van der Waals surface area (Å²) >= 11 is 1.47. The molecular weight excluding hydrogens is 404 g/mol. The molecule has 160 valence electrons. The number of benzene rings is 2. The lowest BCUT2D eigenvalue weighted by Gasteiger charge is -2.07. The maximum absolute atomic E-state index is 12.4. The van der Waals surface area contributed by atoms with Crippen molar-refractivity contribution < 1.29 is 9.59 Å². The Labute approximate surface area is 187 Å². The topological polar surface area (TPSA) is 70.0 Å². The van der Waals surface area contributed by atoms with Crippen molar-refractivity contribution in [2.45, 2.75) is 39.0 Å². The third-order valence-corrected chi connectivity index (χ3v) is 6.41. The van der Waals surface area contributed by atoms with Gasteiger partial charge in [0.25, 0.3) is 5.91 Å². The second kappa shape index (κ2) is 11.4. The molecule has 4 nitrogen and oxygen atoms in total. The summed E-state index contributed by atoms with van der Waals surface area (Å²) in [6.07, 6.45) is 6.33. The molecular formula is C26H28N2O2S. The minimum absolute atomic E-state index is 0.0703. The highest BCUT2D eigenvalue weighted by atomic mass is 32.1. The summed E-state index contributed by atoms with van der Waals surface area (Å²) in [5.41, 5.74) is 4.16. The highest BCUT2D eigenvalue weighted by Gasteiger charge is 2.09. The predicted molar refractivity (Wildman–Crippen MR) is 129 cm³/mol. The van der Waals surface area contributed by atoms with E-state index in [0.717, 1.165) is 47.4 Å². The van der Waals surface area contributed by atoms with E-state index in [1.54, 1.807) is 6.92 Å². The quantitative estimate of drug-likeness (QED) is 0.223. The molecule has 0 aliphatic carbocycles. The summed E-state index contributed by atoms with van der Waals surface area (Å²) in [6.45, 7) is 2.16. The third kappa shape index (κ3) is 6.72. The summed E-state index contributed by atoms with van der Waals surface area (Å²) in [6, 6.07) is 19.8. The van der Waals surface area contributed by atoms with E-state index in [1.807, 2.05) is 36.4 Å². The molecule has 0 aliphatic heterocycles. The monoisotopic (exact) mass is 432 g/mol. The van der Waals surface area contributed by atoms with Crippen LogP contribution < -0.4 is 5.32 Å². The molecule has 0 spiro atoms. The first-order chi connectivity index (χ1) is 15.1. The van der Waals surface area contributed by atoms with Crippen LogP contribution in [0, 0.1) is 5.41 Å². The molecule has 0 aliphatic rings. The van der Waals surface area contributed by atoms with E-state index >= 15 is 0 Å². The van der Waals surface area contributed by atoms with Gasteiger partial charge in [0.15, 0.2) is 5.78 Å². The zero-order valence-corrected chi connectivity index (χ0v) is 18.6. The van der Waals surface area contributed by atoms with E-state index in [-0.39, 0.29) is 11.7 Å². The molecule has 5 heteroatoms. The summed E-state index contributed by atoms with van der Waals surface area (Å²) in [5, 5.41) is 10.0. The zero-order chi connectivity index (χ0) is 22.1. The average Bonchev–Trinajstić information content (AvgIpc) is 3.28.